The molecule has 1 fully saturated rings. The van der Waals surface area contributed by atoms with Crippen LogP contribution in [0.2, 0.25) is 0 Å². The Hall–Kier alpha value is -2.39. The average molecular weight is 244 g/mol. The lowest BCUT2D eigenvalue weighted by molar-refractivity contribution is -0.0566. The summed E-state index contributed by atoms with van der Waals surface area (Å²) in [6, 6.07) is 6.60. The highest BCUT2D eigenvalue weighted by molar-refractivity contribution is 6.04. The molecule has 1 aliphatic heterocycles. The second kappa shape index (κ2) is 3.55. The number of H-pyrrole nitrogens is 1. The van der Waals surface area contributed by atoms with Gasteiger partial charge in [0.2, 0.25) is 0 Å². The van der Waals surface area contributed by atoms with E-state index in [1.54, 1.807) is 12.1 Å². The first-order valence-corrected chi connectivity index (χ1v) is 5.31. The molecule has 1 saturated heterocycles. The summed E-state index contributed by atoms with van der Waals surface area (Å²) < 4.78 is 9.82. The van der Waals surface area contributed by atoms with Gasteiger partial charge in [-0.2, -0.15) is 5.26 Å². The molecule has 1 aliphatic rings. The summed E-state index contributed by atoms with van der Waals surface area (Å²) in [6.07, 6.45) is 0. The number of aromatic amines is 1. The Bertz CT molecular complexity index is 730. The number of nitrogens with one attached hydrogen (secondary N) is 1. The summed E-state index contributed by atoms with van der Waals surface area (Å²) in [5.74, 6) is -0.876. The van der Waals surface area contributed by atoms with Gasteiger partial charge in [-0.1, -0.05) is 0 Å². The van der Waals surface area contributed by atoms with Crippen molar-refractivity contribution < 1.29 is 13.9 Å². The van der Waals surface area contributed by atoms with Crippen molar-refractivity contribution in [1.82, 2.24) is 4.98 Å². The van der Waals surface area contributed by atoms with E-state index < -0.39 is 11.2 Å². The van der Waals surface area contributed by atoms with Crippen LogP contribution in [0.25, 0.3) is 11.1 Å². The van der Waals surface area contributed by atoms with Crippen molar-refractivity contribution in [2.75, 3.05) is 13.2 Å². The van der Waals surface area contributed by atoms with E-state index in [-0.39, 0.29) is 19.0 Å². The number of nitriles is 1. The van der Waals surface area contributed by atoms with Crippen LogP contribution in [0.4, 0.5) is 0 Å². The lowest BCUT2D eigenvalue weighted by atomic mass is 9.80. The number of fused-ring (bicyclic) bond motifs is 1. The van der Waals surface area contributed by atoms with E-state index in [4.69, 9.17) is 14.4 Å². The van der Waals surface area contributed by atoms with Crippen LogP contribution in [0.3, 0.4) is 0 Å². The molecule has 0 radical (unpaired) electrons. The van der Waals surface area contributed by atoms with Crippen LogP contribution >= 0.6 is 0 Å². The van der Waals surface area contributed by atoms with Gasteiger partial charge in [0.05, 0.1) is 24.8 Å². The van der Waals surface area contributed by atoms with Gasteiger partial charge in [0.15, 0.2) is 16.8 Å². The number of carbonyl (C=O) groups is 1. The molecule has 6 nitrogen and oxygen atoms in total. The van der Waals surface area contributed by atoms with E-state index in [1.807, 2.05) is 6.07 Å². The van der Waals surface area contributed by atoms with Crippen molar-refractivity contribution in [2.45, 2.75) is 0 Å². The first kappa shape index (κ1) is 10.7. The van der Waals surface area contributed by atoms with Crippen molar-refractivity contribution in [1.29, 1.82) is 5.26 Å². The molecule has 6 heteroatoms. The zero-order valence-electron chi connectivity index (χ0n) is 9.23. The van der Waals surface area contributed by atoms with Crippen LogP contribution in [0.1, 0.15) is 10.4 Å². The number of ether oxygens (including phenoxy) is 1. The van der Waals surface area contributed by atoms with Crippen LogP contribution in [-0.4, -0.2) is 24.0 Å². The van der Waals surface area contributed by atoms with E-state index in [2.05, 4.69) is 4.98 Å². The van der Waals surface area contributed by atoms with Crippen LogP contribution in [-0.2, 0) is 4.74 Å². The van der Waals surface area contributed by atoms with Crippen LogP contribution in [0.15, 0.2) is 27.4 Å². The molecule has 0 aliphatic carbocycles. The quantitative estimate of drug-likeness (QED) is 0.790. The van der Waals surface area contributed by atoms with Crippen molar-refractivity contribution in [3.8, 4) is 6.07 Å². The Labute approximate surface area is 101 Å². The van der Waals surface area contributed by atoms with E-state index >= 15 is 0 Å². The number of aromatic nitrogens is 1. The molecule has 0 saturated carbocycles. The second-order valence-corrected chi connectivity index (χ2v) is 4.24. The SMILES string of the molecule is N#CC1(C(=O)c2ccc3[nH]c(=O)oc3c2)COC1. The second-order valence-electron chi connectivity index (χ2n) is 4.24. The highest BCUT2D eigenvalue weighted by atomic mass is 16.5. The van der Waals surface area contributed by atoms with Crippen molar-refractivity contribution in [2.24, 2.45) is 5.41 Å². The normalized spacial score (nSPS) is 17.1. The van der Waals surface area contributed by atoms with Gasteiger partial charge < -0.3 is 9.15 Å². The number of benzene rings is 1. The van der Waals surface area contributed by atoms with E-state index in [1.165, 1.54) is 6.07 Å². The summed E-state index contributed by atoms with van der Waals surface area (Å²) in [6.45, 7) is 0.217. The topological polar surface area (TPSA) is 96.1 Å². The lowest BCUT2D eigenvalue weighted by Crippen LogP contribution is -2.47. The number of rotatable bonds is 2. The van der Waals surface area contributed by atoms with Gasteiger partial charge in [0.25, 0.3) is 0 Å². The van der Waals surface area contributed by atoms with Gasteiger partial charge in [-0.05, 0) is 18.2 Å². The number of hydrogen-bond acceptors (Lipinski definition) is 5. The third-order valence-electron chi connectivity index (χ3n) is 3.03. The molecule has 0 atom stereocenters. The first-order valence-electron chi connectivity index (χ1n) is 5.31. The molecular formula is C12H8N2O4. The molecule has 2 heterocycles. The van der Waals surface area contributed by atoms with Gasteiger partial charge >= 0.3 is 5.76 Å². The Balaban J connectivity index is 2.07. The van der Waals surface area contributed by atoms with Gasteiger partial charge in [0, 0.05) is 5.56 Å². The van der Waals surface area contributed by atoms with Gasteiger partial charge in [-0.15, -0.1) is 0 Å². The molecule has 0 amide bonds. The summed E-state index contributed by atoms with van der Waals surface area (Å²) in [7, 11) is 0. The Morgan fingerprint density at radius 2 is 2.22 bits per heavy atom. The summed E-state index contributed by atoms with van der Waals surface area (Å²) in [4.78, 5) is 25.7. The van der Waals surface area contributed by atoms with Gasteiger partial charge in [-0.25, -0.2) is 4.79 Å². The zero-order chi connectivity index (χ0) is 12.8. The van der Waals surface area contributed by atoms with E-state index in [9.17, 15) is 9.59 Å². The van der Waals surface area contributed by atoms with Crippen LogP contribution in [0.5, 0.6) is 0 Å². The minimum atomic E-state index is -1.09. The summed E-state index contributed by atoms with van der Waals surface area (Å²) in [5, 5.41) is 9.06. The third kappa shape index (κ3) is 1.38. The van der Waals surface area contributed by atoms with Gasteiger partial charge in [-0.3, -0.25) is 9.78 Å². The summed E-state index contributed by atoms with van der Waals surface area (Å²) >= 11 is 0. The molecule has 0 unspecified atom stereocenters. The van der Waals surface area contributed by atoms with Crippen molar-refractivity contribution >= 4 is 16.9 Å². The molecule has 0 bridgehead atoms. The smallest absolute Gasteiger partial charge is 0.408 e. The average Bonchev–Trinajstić information content (AvgIpc) is 2.67. The molecule has 3 rings (SSSR count). The number of hydrogen-bond donors (Lipinski definition) is 1. The summed E-state index contributed by atoms with van der Waals surface area (Å²) in [5.41, 5.74) is 0.0753. The standard InChI is InChI=1S/C12H8N2O4/c13-4-12(5-17-6-12)10(15)7-1-2-8-9(3-7)18-11(16)14-8/h1-3H,5-6H2,(H,14,16). The minimum absolute atomic E-state index is 0.109. The number of Topliss-reactive ketones (excluding diaryl/α,β-unsaturated/α-hetero) is 1. The molecular weight excluding hydrogens is 236 g/mol. The fraction of sp³-hybridized carbons (Fsp3) is 0.250. The predicted molar refractivity (Wildman–Crippen MR) is 60.0 cm³/mol. The fourth-order valence-corrected chi connectivity index (χ4v) is 1.92. The minimum Gasteiger partial charge on any atom is -0.408 e. The predicted octanol–water partition coefficient (Wildman–Crippen LogP) is 0.844. The van der Waals surface area contributed by atoms with E-state index in [0.717, 1.165) is 0 Å². The Morgan fingerprint density at radius 3 is 2.83 bits per heavy atom. The maximum absolute atomic E-state index is 12.2. The third-order valence-corrected chi connectivity index (χ3v) is 3.03. The lowest BCUT2D eigenvalue weighted by Gasteiger charge is -2.33. The molecule has 1 aromatic carbocycles. The maximum Gasteiger partial charge on any atom is 0.417 e. The number of oxazole rings is 1. The monoisotopic (exact) mass is 244 g/mol. The molecule has 18 heavy (non-hydrogen) atoms. The molecule has 2 aromatic rings. The van der Waals surface area contributed by atoms with E-state index in [0.29, 0.717) is 16.7 Å². The molecule has 1 N–H and O–H groups in total. The van der Waals surface area contributed by atoms with Gasteiger partial charge in [0.1, 0.15) is 0 Å². The van der Waals surface area contributed by atoms with Crippen LogP contribution < -0.4 is 5.76 Å². The zero-order valence-corrected chi connectivity index (χ0v) is 9.23. The highest BCUT2D eigenvalue weighted by Gasteiger charge is 2.46. The maximum atomic E-state index is 12.2. The van der Waals surface area contributed by atoms with Crippen LogP contribution in [0, 0.1) is 16.7 Å². The number of ketones is 1. The highest BCUT2D eigenvalue weighted by Crippen LogP contribution is 2.31. The molecule has 90 valence electrons. The largest absolute Gasteiger partial charge is 0.417 e. The Morgan fingerprint density at radius 1 is 1.44 bits per heavy atom. The van der Waals surface area contributed by atoms with Crippen molar-refractivity contribution in [3.05, 3.63) is 34.3 Å². The first-order chi connectivity index (χ1) is 8.64. The fourth-order valence-electron chi connectivity index (χ4n) is 1.92. The number of nitrogens with zero attached hydrogens (tertiary/aromatic N) is 1. The molecule has 0 spiro atoms. The molecule has 1 aromatic heterocycles. The van der Waals surface area contributed by atoms with Crippen molar-refractivity contribution in [3.63, 3.8) is 0 Å². The number of carbonyl (C=O) groups excluding carboxylic acids is 1. The Kier molecular flexibility index (Phi) is 2.12.